The lowest BCUT2D eigenvalue weighted by Crippen LogP contribution is -2.17. The summed E-state index contributed by atoms with van der Waals surface area (Å²) in [5.74, 6) is 0.388. The van der Waals surface area contributed by atoms with Crippen molar-refractivity contribution in [2.45, 2.75) is 58.3 Å². The molecular weight excluding hydrogens is 472 g/mol. The Morgan fingerprint density at radius 1 is 1.00 bits per heavy atom. The maximum Gasteiger partial charge on any atom is 0.343 e. The number of nitrogens with one attached hydrogen (secondary N) is 1. The molecule has 0 aliphatic heterocycles. The van der Waals surface area contributed by atoms with Crippen molar-refractivity contribution in [1.29, 1.82) is 0 Å². The molecule has 0 fully saturated rings. The lowest BCUT2D eigenvalue weighted by molar-refractivity contribution is -0.121. The fourth-order valence-electron chi connectivity index (χ4n) is 3.07. The van der Waals surface area contributed by atoms with Gasteiger partial charge in [-0.2, -0.15) is 5.10 Å². The molecule has 2 rings (SSSR count). The number of carbonyl (C=O) groups excluding carboxylic acids is 2. The quantitative estimate of drug-likeness (QED) is 0.115. The zero-order valence-corrected chi connectivity index (χ0v) is 20.3. The zero-order chi connectivity index (χ0) is 23.2. The van der Waals surface area contributed by atoms with Crippen LogP contribution in [0.2, 0.25) is 0 Å². The van der Waals surface area contributed by atoms with Crippen LogP contribution in [-0.4, -0.2) is 25.2 Å². The number of unbranched alkanes of at least 4 members (excludes halogenated alkanes) is 6. The van der Waals surface area contributed by atoms with Gasteiger partial charge in [0.05, 0.1) is 18.9 Å². The SMILES string of the molecule is CCCCCCCCCC(=O)N/N=C\c1cc(Br)ccc1OC(=O)c1ccc(OC)cc1. The molecule has 0 aromatic heterocycles. The first-order chi connectivity index (χ1) is 15.5. The van der Waals surface area contributed by atoms with Crippen LogP contribution in [0, 0.1) is 0 Å². The van der Waals surface area contributed by atoms with E-state index in [1.165, 1.54) is 31.9 Å². The van der Waals surface area contributed by atoms with Crippen molar-refractivity contribution in [3.05, 3.63) is 58.1 Å². The molecule has 0 heterocycles. The summed E-state index contributed by atoms with van der Waals surface area (Å²) in [6.07, 6.45) is 10.0. The van der Waals surface area contributed by atoms with Gasteiger partial charge in [-0.15, -0.1) is 0 Å². The van der Waals surface area contributed by atoms with Gasteiger partial charge in [-0.05, 0) is 48.9 Å². The molecule has 0 spiro atoms. The summed E-state index contributed by atoms with van der Waals surface area (Å²) in [5, 5.41) is 4.03. The third kappa shape index (κ3) is 9.22. The van der Waals surface area contributed by atoms with Crippen LogP contribution in [0.15, 0.2) is 52.0 Å². The first-order valence-corrected chi connectivity index (χ1v) is 11.8. The molecule has 0 saturated carbocycles. The van der Waals surface area contributed by atoms with Crippen LogP contribution in [0.5, 0.6) is 11.5 Å². The number of esters is 1. The van der Waals surface area contributed by atoms with Gasteiger partial charge in [0.25, 0.3) is 0 Å². The molecule has 2 aromatic rings. The summed E-state index contributed by atoms with van der Waals surface area (Å²) in [7, 11) is 1.56. The largest absolute Gasteiger partial charge is 0.497 e. The van der Waals surface area contributed by atoms with Crippen molar-refractivity contribution < 1.29 is 19.1 Å². The number of benzene rings is 2. The van der Waals surface area contributed by atoms with E-state index in [0.29, 0.717) is 29.0 Å². The van der Waals surface area contributed by atoms with E-state index in [-0.39, 0.29) is 5.91 Å². The van der Waals surface area contributed by atoms with Crippen LogP contribution in [-0.2, 0) is 4.79 Å². The summed E-state index contributed by atoms with van der Waals surface area (Å²) in [6.45, 7) is 2.20. The number of rotatable bonds is 13. The van der Waals surface area contributed by atoms with Gasteiger partial charge in [-0.1, -0.05) is 61.4 Å². The maximum atomic E-state index is 12.5. The van der Waals surface area contributed by atoms with Gasteiger partial charge in [0.2, 0.25) is 5.91 Å². The maximum absolute atomic E-state index is 12.5. The summed E-state index contributed by atoms with van der Waals surface area (Å²) in [6, 6.07) is 11.9. The average molecular weight is 503 g/mol. The number of carbonyl (C=O) groups is 2. The Hall–Kier alpha value is -2.67. The summed E-state index contributed by atoms with van der Waals surface area (Å²) < 4.78 is 11.4. The lowest BCUT2D eigenvalue weighted by atomic mass is 10.1. The molecule has 0 bridgehead atoms. The molecule has 1 amide bonds. The van der Waals surface area contributed by atoms with Crippen molar-refractivity contribution in [1.82, 2.24) is 5.43 Å². The normalized spacial score (nSPS) is 10.8. The Balaban J connectivity index is 1.87. The van der Waals surface area contributed by atoms with E-state index >= 15 is 0 Å². The van der Waals surface area contributed by atoms with Crippen LogP contribution >= 0.6 is 15.9 Å². The molecular formula is C25H31BrN2O4. The average Bonchev–Trinajstić information content (AvgIpc) is 2.80. The first kappa shape index (κ1) is 25.6. The highest BCUT2D eigenvalue weighted by Crippen LogP contribution is 2.23. The molecule has 172 valence electrons. The van der Waals surface area contributed by atoms with E-state index in [2.05, 4.69) is 33.4 Å². The lowest BCUT2D eigenvalue weighted by Gasteiger charge is -2.08. The van der Waals surface area contributed by atoms with Crippen LogP contribution in [0.4, 0.5) is 0 Å². The Labute approximate surface area is 198 Å². The van der Waals surface area contributed by atoms with E-state index < -0.39 is 5.97 Å². The number of halogens is 1. The van der Waals surface area contributed by atoms with Crippen molar-refractivity contribution in [3.8, 4) is 11.5 Å². The van der Waals surface area contributed by atoms with E-state index in [4.69, 9.17) is 9.47 Å². The Bertz CT molecular complexity index is 897. The molecule has 2 aromatic carbocycles. The topological polar surface area (TPSA) is 77.0 Å². The fraction of sp³-hybridized carbons (Fsp3) is 0.400. The van der Waals surface area contributed by atoms with Gasteiger partial charge in [0.15, 0.2) is 0 Å². The third-order valence-electron chi connectivity index (χ3n) is 4.90. The highest BCUT2D eigenvalue weighted by atomic mass is 79.9. The molecule has 0 saturated heterocycles. The van der Waals surface area contributed by atoms with Gasteiger partial charge in [-0.3, -0.25) is 4.79 Å². The monoisotopic (exact) mass is 502 g/mol. The second-order valence-corrected chi connectivity index (χ2v) is 8.38. The second-order valence-electron chi connectivity index (χ2n) is 7.46. The molecule has 6 nitrogen and oxygen atoms in total. The number of nitrogens with zero attached hydrogens (tertiary/aromatic N) is 1. The van der Waals surface area contributed by atoms with Gasteiger partial charge in [-0.25, -0.2) is 10.2 Å². The number of ether oxygens (including phenoxy) is 2. The summed E-state index contributed by atoms with van der Waals surface area (Å²) in [5.41, 5.74) is 3.52. The Morgan fingerprint density at radius 2 is 1.69 bits per heavy atom. The predicted molar refractivity (Wildman–Crippen MR) is 130 cm³/mol. The van der Waals surface area contributed by atoms with Gasteiger partial charge in [0, 0.05) is 16.5 Å². The minimum absolute atomic E-state index is 0.124. The van der Waals surface area contributed by atoms with Crippen LogP contribution in [0.25, 0.3) is 0 Å². The zero-order valence-electron chi connectivity index (χ0n) is 18.7. The second kappa shape index (κ2) is 14.4. The standard InChI is InChI=1S/C25H31BrN2O4/c1-3-4-5-6-7-8-9-10-24(29)28-27-18-20-17-21(26)13-16-23(20)32-25(30)19-11-14-22(31-2)15-12-19/h11-18H,3-10H2,1-2H3,(H,28,29)/b27-18-. The smallest absolute Gasteiger partial charge is 0.343 e. The van der Waals surface area contributed by atoms with Crippen LogP contribution in [0.3, 0.4) is 0 Å². The molecule has 1 N–H and O–H groups in total. The van der Waals surface area contributed by atoms with Gasteiger partial charge in [0.1, 0.15) is 11.5 Å². The van der Waals surface area contributed by atoms with E-state index in [9.17, 15) is 9.59 Å². The number of amides is 1. The summed E-state index contributed by atoms with van der Waals surface area (Å²) in [4.78, 5) is 24.5. The predicted octanol–water partition coefficient (Wildman–Crippen LogP) is 6.27. The Kier molecular flexibility index (Phi) is 11.5. The van der Waals surface area contributed by atoms with Crippen LogP contribution < -0.4 is 14.9 Å². The minimum atomic E-state index is -0.493. The highest BCUT2D eigenvalue weighted by Gasteiger charge is 2.12. The Morgan fingerprint density at radius 3 is 2.38 bits per heavy atom. The van der Waals surface area contributed by atoms with E-state index in [0.717, 1.165) is 23.7 Å². The van der Waals surface area contributed by atoms with Crippen molar-refractivity contribution >= 4 is 34.0 Å². The molecule has 0 atom stereocenters. The molecule has 7 heteroatoms. The molecule has 0 aliphatic rings. The number of hydrogen-bond donors (Lipinski definition) is 1. The number of hydrazone groups is 1. The van der Waals surface area contributed by atoms with Crippen molar-refractivity contribution in [3.63, 3.8) is 0 Å². The van der Waals surface area contributed by atoms with E-state index in [1.807, 2.05) is 0 Å². The molecule has 0 unspecified atom stereocenters. The number of hydrogen-bond acceptors (Lipinski definition) is 5. The van der Waals surface area contributed by atoms with Crippen LogP contribution in [0.1, 0.15) is 74.2 Å². The molecule has 0 radical (unpaired) electrons. The molecule has 32 heavy (non-hydrogen) atoms. The third-order valence-corrected chi connectivity index (χ3v) is 5.39. The van der Waals surface area contributed by atoms with Gasteiger partial charge >= 0.3 is 5.97 Å². The fourth-order valence-corrected chi connectivity index (χ4v) is 3.45. The van der Waals surface area contributed by atoms with Crippen molar-refractivity contribution in [2.75, 3.05) is 7.11 Å². The van der Waals surface area contributed by atoms with Crippen molar-refractivity contribution in [2.24, 2.45) is 5.10 Å². The minimum Gasteiger partial charge on any atom is -0.497 e. The van der Waals surface area contributed by atoms with E-state index in [1.54, 1.807) is 49.6 Å². The first-order valence-electron chi connectivity index (χ1n) is 11.0. The summed E-state index contributed by atoms with van der Waals surface area (Å²) >= 11 is 3.41. The molecule has 0 aliphatic carbocycles. The number of methoxy groups -OCH3 is 1. The highest BCUT2D eigenvalue weighted by molar-refractivity contribution is 9.10. The van der Waals surface area contributed by atoms with Gasteiger partial charge < -0.3 is 9.47 Å².